The molecule has 0 fully saturated rings. The molecule has 0 radical (unpaired) electrons. The number of anilines is 1. The number of nitrogen functional groups attached to an aromatic ring is 1. The largest absolute Gasteiger partial charge is 0.399 e. The van der Waals surface area contributed by atoms with Gasteiger partial charge in [-0.2, -0.15) is 0 Å². The van der Waals surface area contributed by atoms with Crippen molar-refractivity contribution >= 4 is 17.0 Å². The van der Waals surface area contributed by atoms with Crippen LogP contribution in [0.2, 0.25) is 0 Å². The zero-order valence-electron chi connectivity index (χ0n) is 8.86. The number of rotatable bonds is 3. The maximum atomic E-state index is 5.78. The topological polar surface area (TPSA) is 26.0 Å². The summed E-state index contributed by atoms with van der Waals surface area (Å²) in [7, 11) is 0. The predicted octanol–water partition coefficient (Wildman–Crippen LogP) is 3.42. The SMILES string of the molecule is Cc1cc(CCc2cccs2)ccc1N. The lowest BCUT2D eigenvalue weighted by atomic mass is 10.1. The summed E-state index contributed by atoms with van der Waals surface area (Å²) in [5, 5.41) is 2.13. The van der Waals surface area contributed by atoms with Gasteiger partial charge in [-0.25, -0.2) is 0 Å². The third-order valence-corrected chi connectivity index (χ3v) is 3.51. The molecule has 1 aromatic carbocycles. The predicted molar refractivity (Wildman–Crippen MR) is 67.3 cm³/mol. The van der Waals surface area contributed by atoms with Crippen molar-refractivity contribution in [3.63, 3.8) is 0 Å². The second-order valence-electron chi connectivity index (χ2n) is 3.77. The zero-order valence-corrected chi connectivity index (χ0v) is 9.68. The molecule has 0 bridgehead atoms. The number of nitrogens with two attached hydrogens (primary N) is 1. The molecule has 1 nitrogen and oxygen atoms in total. The van der Waals surface area contributed by atoms with Crippen molar-refractivity contribution in [2.45, 2.75) is 19.8 Å². The van der Waals surface area contributed by atoms with Crippen molar-refractivity contribution in [3.05, 3.63) is 51.7 Å². The van der Waals surface area contributed by atoms with Crippen molar-refractivity contribution in [2.75, 3.05) is 5.73 Å². The van der Waals surface area contributed by atoms with E-state index < -0.39 is 0 Å². The summed E-state index contributed by atoms with van der Waals surface area (Å²) in [4.78, 5) is 1.45. The summed E-state index contributed by atoms with van der Waals surface area (Å²) < 4.78 is 0. The van der Waals surface area contributed by atoms with E-state index in [2.05, 4.69) is 36.6 Å². The molecular formula is C13H15NS. The Morgan fingerprint density at radius 3 is 2.73 bits per heavy atom. The van der Waals surface area contributed by atoms with Crippen molar-refractivity contribution in [2.24, 2.45) is 0 Å². The number of thiophene rings is 1. The van der Waals surface area contributed by atoms with Gasteiger partial charge in [0.15, 0.2) is 0 Å². The van der Waals surface area contributed by atoms with Gasteiger partial charge in [-0.05, 0) is 48.4 Å². The number of benzene rings is 1. The van der Waals surface area contributed by atoms with Crippen molar-refractivity contribution < 1.29 is 0 Å². The van der Waals surface area contributed by atoms with Crippen molar-refractivity contribution in [3.8, 4) is 0 Å². The maximum Gasteiger partial charge on any atom is 0.0343 e. The normalized spacial score (nSPS) is 10.5. The molecule has 0 saturated heterocycles. The quantitative estimate of drug-likeness (QED) is 0.783. The van der Waals surface area contributed by atoms with Gasteiger partial charge in [-0.1, -0.05) is 18.2 Å². The number of aryl methyl sites for hydroxylation is 3. The lowest BCUT2D eigenvalue weighted by Gasteiger charge is -2.04. The highest BCUT2D eigenvalue weighted by molar-refractivity contribution is 7.09. The summed E-state index contributed by atoms with van der Waals surface area (Å²) in [6.07, 6.45) is 2.22. The van der Waals surface area contributed by atoms with E-state index in [4.69, 9.17) is 5.73 Å². The molecule has 2 N–H and O–H groups in total. The average Bonchev–Trinajstić information content (AvgIpc) is 2.73. The number of hydrogen-bond acceptors (Lipinski definition) is 2. The smallest absolute Gasteiger partial charge is 0.0343 e. The summed E-state index contributed by atoms with van der Waals surface area (Å²) in [5.74, 6) is 0. The van der Waals surface area contributed by atoms with Crippen LogP contribution in [-0.2, 0) is 12.8 Å². The molecule has 0 aliphatic carbocycles. The molecule has 0 saturated carbocycles. The first-order valence-corrected chi connectivity index (χ1v) is 6.01. The highest BCUT2D eigenvalue weighted by Crippen LogP contribution is 2.16. The van der Waals surface area contributed by atoms with Crippen LogP contribution in [0, 0.1) is 6.92 Å². The Labute approximate surface area is 94.6 Å². The summed E-state index contributed by atoms with van der Waals surface area (Å²) in [6.45, 7) is 2.06. The van der Waals surface area contributed by atoms with Crippen LogP contribution >= 0.6 is 11.3 Å². The summed E-state index contributed by atoms with van der Waals surface area (Å²) in [5.41, 5.74) is 9.22. The van der Waals surface area contributed by atoms with Crippen LogP contribution in [0.15, 0.2) is 35.7 Å². The van der Waals surface area contributed by atoms with Gasteiger partial charge in [0.25, 0.3) is 0 Å². The van der Waals surface area contributed by atoms with E-state index in [1.54, 1.807) is 0 Å². The van der Waals surface area contributed by atoms with Crippen molar-refractivity contribution in [1.29, 1.82) is 0 Å². The van der Waals surface area contributed by atoms with Crippen LogP contribution in [0.1, 0.15) is 16.0 Å². The summed E-state index contributed by atoms with van der Waals surface area (Å²) in [6, 6.07) is 10.6. The van der Waals surface area contributed by atoms with Crippen LogP contribution in [0.25, 0.3) is 0 Å². The van der Waals surface area contributed by atoms with E-state index in [0.29, 0.717) is 0 Å². The standard InChI is InChI=1S/C13H15NS/c1-10-9-11(5-7-13(10)14)4-6-12-3-2-8-15-12/h2-3,5,7-9H,4,6,14H2,1H3. The average molecular weight is 217 g/mol. The van der Waals surface area contributed by atoms with Crippen molar-refractivity contribution in [1.82, 2.24) is 0 Å². The van der Waals surface area contributed by atoms with E-state index in [1.807, 2.05) is 17.4 Å². The molecule has 15 heavy (non-hydrogen) atoms. The number of hydrogen-bond donors (Lipinski definition) is 1. The van der Waals surface area contributed by atoms with E-state index >= 15 is 0 Å². The molecule has 1 aromatic heterocycles. The first kappa shape index (κ1) is 10.2. The van der Waals surface area contributed by atoms with Gasteiger partial charge >= 0.3 is 0 Å². The van der Waals surface area contributed by atoms with Gasteiger partial charge in [-0.15, -0.1) is 11.3 Å². The fraction of sp³-hybridized carbons (Fsp3) is 0.231. The minimum atomic E-state index is 0.884. The molecule has 0 atom stereocenters. The minimum absolute atomic E-state index is 0.884. The molecule has 78 valence electrons. The van der Waals surface area contributed by atoms with Gasteiger partial charge in [0.05, 0.1) is 0 Å². The first-order chi connectivity index (χ1) is 7.25. The molecule has 2 aromatic rings. The Balaban J connectivity index is 2.02. The monoisotopic (exact) mass is 217 g/mol. The van der Waals surface area contributed by atoms with Gasteiger partial charge in [0.1, 0.15) is 0 Å². The first-order valence-electron chi connectivity index (χ1n) is 5.13. The van der Waals surface area contributed by atoms with Crippen LogP contribution in [0.3, 0.4) is 0 Å². The molecule has 0 amide bonds. The third kappa shape index (κ3) is 2.60. The Kier molecular flexibility index (Phi) is 3.07. The Morgan fingerprint density at radius 2 is 2.07 bits per heavy atom. The van der Waals surface area contributed by atoms with Crippen LogP contribution < -0.4 is 5.73 Å². The molecule has 2 rings (SSSR count). The minimum Gasteiger partial charge on any atom is -0.399 e. The molecule has 0 unspecified atom stereocenters. The fourth-order valence-corrected chi connectivity index (χ4v) is 2.32. The van der Waals surface area contributed by atoms with E-state index in [0.717, 1.165) is 18.5 Å². The molecule has 0 aliphatic rings. The van der Waals surface area contributed by atoms with Gasteiger partial charge in [0.2, 0.25) is 0 Å². The molecule has 0 aliphatic heterocycles. The Bertz CT molecular complexity index is 432. The van der Waals surface area contributed by atoms with Gasteiger partial charge in [0, 0.05) is 10.6 Å². The lowest BCUT2D eigenvalue weighted by molar-refractivity contribution is 0.979. The Hall–Kier alpha value is -1.28. The van der Waals surface area contributed by atoms with E-state index in [1.165, 1.54) is 16.0 Å². The second kappa shape index (κ2) is 4.49. The molecule has 2 heteroatoms. The van der Waals surface area contributed by atoms with E-state index in [-0.39, 0.29) is 0 Å². The van der Waals surface area contributed by atoms with Gasteiger partial charge < -0.3 is 5.73 Å². The zero-order chi connectivity index (χ0) is 10.7. The fourth-order valence-electron chi connectivity index (χ4n) is 1.62. The van der Waals surface area contributed by atoms with Crippen LogP contribution in [0.4, 0.5) is 5.69 Å². The molecular weight excluding hydrogens is 202 g/mol. The highest BCUT2D eigenvalue weighted by atomic mass is 32.1. The summed E-state index contributed by atoms with van der Waals surface area (Å²) >= 11 is 1.82. The lowest BCUT2D eigenvalue weighted by Crippen LogP contribution is -1.93. The second-order valence-corrected chi connectivity index (χ2v) is 4.80. The highest BCUT2D eigenvalue weighted by Gasteiger charge is 1.98. The Morgan fingerprint density at radius 1 is 1.20 bits per heavy atom. The van der Waals surface area contributed by atoms with E-state index in [9.17, 15) is 0 Å². The van der Waals surface area contributed by atoms with Gasteiger partial charge in [-0.3, -0.25) is 0 Å². The molecule has 0 spiro atoms. The van der Waals surface area contributed by atoms with Crippen LogP contribution in [0.5, 0.6) is 0 Å². The molecule has 1 heterocycles. The maximum absolute atomic E-state index is 5.78. The third-order valence-electron chi connectivity index (χ3n) is 2.57. The van der Waals surface area contributed by atoms with Crippen LogP contribution in [-0.4, -0.2) is 0 Å².